The van der Waals surface area contributed by atoms with Gasteiger partial charge in [0.05, 0.1) is 11.8 Å². The Hall–Kier alpha value is -1.41. The van der Waals surface area contributed by atoms with E-state index in [-0.39, 0.29) is 11.7 Å². The highest BCUT2D eigenvalue weighted by Gasteiger charge is 2.41. The molecule has 1 aliphatic carbocycles. The average molecular weight is 311 g/mol. The molecule has 1 aliphatic rings. The van der Waals surface area contributed by atoms with E-state index in [0.717, 1.165) is 12.8 Å². The van der Waals surface area contributed by atoms with Gasteiger partial charge in [-0.2, -0.15) is 5.26 Å². The molecule has 1 amide bonds. The lowest BCUT2D eigenvalue weighted by Gasteiger charge is -2.19. The number of nitrogens with zero attached hydrogens (tertiary/aromatic N) is 1. The lowest BCUT2D eigenvalue weighted by atomic mass is 9.87. The summed E-state index contributed by atoms with van der Waals surface area (Å²) < 4.78 is 13.4. The molecule has 0 aromatic heterocycles. The topological polar surface area (TPSA) is 52.9 Å². The summed E-state index contributed by atoms with van der Waals surface area (Å²) in [7, 11) is 0. The third kappa shape index (κ3) is 2.39. The molecule has 0 radical (unpaired) electrons. The molecule has 18 heavy (non-hydrogen) atoms. The van der Waals surface area contributed by atoms with Crippen molar-refractivity contribution in [3.05, 3.63) is 28.5 Å². The van der Waals surface area contributed by atoms with Gasteiger partial charge < -0.3 is 5.32 Å². The number of hydrogen-bond donors (Lipinski definition) is 1. The predicted octanol–water partition coefficient (Wildman–Crippen LogP) is 3.61. The average Bonchev–Trinajstić information content (AvgIpc) is 2.82. The van der Waals surface area contributed by atoms with Crippen LogP contribution in [0.25, 0.3) is 0 Å². The Labute approximate surface area is 113 Å². The fourth-order valence-corrected chi connectivity index (χ4v) is 2.65. The zero-order valence-electron chi connectivity index (χ0n) is 9.67. The minimum absolute atomic E-state index is 0.296. The molecule has 0 unspecified atom stereocenters. The standard InChI is InChI=1S/C13H12BrFN2O/c14-10-7-9(15)3-4-11(10)17-12(18)13(8-16)5-1-2-6-13/h3-4,7H,1-2,5-6H2,(H,17,18). The van der Waals surface area contributed by atoms with Crippen LogP contribution in [0.1, 0.15) is 25.7 Å². The molecule has 0 aliphatic heterocycles. The summed E-state index contributed by atoms with van der Waals surface area (Å²) in [6, 6.07) is 6.16. The van der Waals surface area contributed by atoms with Gasteiger partial charge >= 0.3 is 0 Å². The number of anilines is 1. The van der Waals surface area contributed by atoms with E-state index in [1.165, 1.54) is 18.2 Å². The van der Waals surface area contributed by atoms with Gasteiger partial charge in [0, 0.05) is 4.47 Å². The maximum absolute atomic E-state index is 12.9. The molecule has 0 saturated heterocycles. The number of carbonyl (C=O) groups excluding carboxylic acids is 1. The van der Waals surface area contributed by atoms with Crippen molar-refractivity contribution in [3.63, 3.8) is 0 Å². The minimum Gasteiger partial charge on any atom is -0.324 e. The fourth-order valence-electron chi connectivity index (χ4n) is 2.20. The van der Waals surface area contributed by atoms with E-state index in [1.54, 1.807) is 0 Å². The lowest BCUT2D eigenvalue weighted by Crippen LogP contribution is -2.32. The molecule has 1 N–H and O–H groups in total. The summed E-state index contributed by atoms with van der Waals surface area (Å²) in [6.45, 7) is 0. The SMILES string of the molecule is N#CC1(C(=O)Nc2ccc(F)cc2Br)CCCC1. The summed E-state index contributed by atoms with van der Waals surface area (Å²) in [4.78, 5) is 12.2. The molecule has 0 atom stereocenters. The lowest BCUT2D eigenvalue weighted by molar-refractivity contribution is -0.122. The first-order chi connectivity index (χ1) is 8.57. The molecule has 2 rings (SSSR count). The molecule has 1 saturated carbocycles. The van der Waals surface area contributed by atoms with Crippen LogP contribution in [0.3, 0.4) is 0 Å². The van der Waals surface area contributed by atoms with Gasteiger partial charge in [0.15, 0.2) is 0 Å². The summed E-state index contributed by atoms with van der Waals surface area (Å²) >= 11 is 3.19. The molecule has 94 valence electrons. The highest BCUT2D eigenvalue weighted by molar-refractivity contribution is 9.10. The van der Waals surface area contributed by atoms with E-state index >= 15 is 0 Å². The Bertz CT molecular complexity index is 518. The van der Waals surface area contributed by atoms with Crippen molar-refractivity contribution in [2.75, 3.05) is 5.32 Å². The van der Waals surface area contributed by atoms with Crippen LogP contribution in [0.15, 0.2) is 22.7 Å². The largest absolute Gasteiger partial charge is 0.324 e. The first kappa shape index (κ1) is 13.0. The number of benzene rings is 1. The van der Waals surface area contributed by atoms with E-state index in [2.05, 4.69) is 27.3 Å². The van der Waals surface area contributed by atoms with Crippen molar-refractivity contribution in [1.29, 1.82) is 5.26 Å². The first-order valence-electron chi connectivity index (χ1n) is 5.75. The van der Waals surface area contributed by atoms with Crippen molar-refractivity contribution in [2.24, 2.45) is 5.41 Å². The van der Waals surface area contributed by atoms with Crippen molar-refractivity contribution in [1.82, 2.24) is 0 Å². The monoisotopic (exact) mass is 310 g/mol. The Morgan fingerprint density at radius 3 is 2.67 bits per heavy atom. The molecule has 0 heterocycles. The molecule has 1 aromatic rings. The van der Waals surface area contributed by atoms with Crippen molar-refractivity contribution in [2.45, 2.75) is 25.7 Å². The Balaban J connectivity index is 2.19. The quantitative estimate of drug-likeness (QED) is 0.907. The van der Waals surface area contributed by atoms with Gasteiger partial charge in [-0.05, 0) is 47.0 Å². The second-order valence-electron chi connectivity index (χ2n) is 4.48. The summed E-state index contributed by atoms with van der Waals surface area (Å²) in [6.07, 6.45) is 2.97. The zero-order chi connectivity index (χ0) is 13.2. The Morgan fingerprint density at radius 1 is 1.44 bits per heavy atom. The van der Waals surface area contributed by atoms with E-state index in [9.17, 15) is 14.4 Å². The third-order valence-electron chi connectivity index (χ3n) is 3.29. The van der Waals surface area contributed by atoms with Gasteiger partial charge in [-0.3, -0.25) is 4.79 Å². The number of carbonyl (C=O) groups is 1. The molecule has 5 heteroatoms. The van der Waals surface area contributed by atoms with Crippen LogP contribution in [0.5, 0.6) is 0 Å². The second-order valence-corrected chi connectivity index (χ2v) is 5.33. The van der Waals surface area contributed by atoms with Gasteiger partial charge in [0.1, 0.15) is 11.2 Å². The van der Waals surface area contributed by atoms with E-state index in [4.69, 9.17) is 0 Å². The Morgan fingerprint density at radius 2 is 2.11 bits per heavy atom. The Kier molecular flexibility index (Phi) is 3.67. The number of nitrogens with one attached hydrogen (secondary N) is 1. The van der Waals surface area contributed by atoms with Crippen molar-refractivity contribution in [3.8, 4) is 6.07 Å². The normalized spacial score (nSPS) is 17.2. The highest BCUT2D eigenvalue weighted by Crippen LogP contribution is 2.39. The number of nitriles is 1. The van der Waals surface area contributed by atoms with Gasteiger partial charge in [-0.1, -0.05) is 12.8 Å². The maximum atomic E-state index is 12.9. The highest BCUT2D eigenvalue weighted by atomic mass is 79.9. The van der Waals surface area contributed by atoms with Crippen LogP contribution < -0.4 is 5.32 Å². The van der Waals surface area contributed by atoms with E-state index < -0.39 is 5.41 Å². The van der Waals surface area contributed by atoms with Gasteiger partial charge in [-0.25, -0.2) is 4.39 Å². The van der Waals surface area contributed by atoms with Gasteiger partial charge in [0.2, 0.25) is 5.91 Å². The second kappa shape index (κ2) is 5.07. The van der Waals surface area contributed by atoms with Crippen LogP contribution in [-0.2, 0) is 4.79 Å². The third-order valence-corrected chi connectivity index (χ3v) is 3.94. The number of rotatable bonds is 2. The molecular weight excluding hydrogens is 299 g/mol. The maximum Gasteiger partial charge on any atom is 0.244 e. The predicted molar refractivity (Wildman–Crippen MR) is 69.2 cm³/mol. The minimum atomic E-state index is -0.923. The zero-order valence-corrected chi connectivity index (χ0v) is 11.3. The van der Waals surface area contributed by atoms with Gasteiger partial charge in [-0.15, -0.1) is 0 Å². The van der Waals surface area contributed by atoms with Gasteiger partial charge in [0.25, 0.3) is 0 Å². The molecular formula is C13H12BrFN2O. The van der Waals surface area contributed by atoms with Crippen LogP contribution in [0.4, 0.5) is 10.1 Å². The van der Waals surface area contributed by atoms with Crippen LogP contribution in [0.2, 0.25) is 0 Å². The van der Waals surface area contributed by atoms with E-state index in [0.29, 0.717) is 23.0 Å². The number of halogens is 2. The van der Waals surface area contributed by atoms with Crippen molar-refractivity contribution >= 4 is 27.5 Å². The fraction of sp³-hybridized carbons (Fsp3) is 0.385. The van der Waals surface area contributed by atoms with E-state index in [1.807, 2.05) is 0 Å². The number of hydrogen-bond acceptors (Lipinski definition) is 2. The molecule has 0 spiro atoms. The molecule has 3 nitrogen and oxygen atoms in total. The molecule has 1 aromatic carbocycles. The molecule has 0 bridgehead atoms. The molecule has 1 fully saturated rings. The summed E-state index contributed by atoms with van der Waals surface area (Å²) in [5.74, 6) is -0.675. The van der Waals surface area contributed by atoms with Crippen LogP contribution in [-0.4, -0.2) is 5.91 Å². The van der Waals surface area contributed by atoms with Crippen LogP contribution >= 0.6 is 15.9 Å². The summed E-state index contributed by atoms with van der Waals surface area (Å²) in [5, 5.41) is 11.9. The number of amides is 1. The van der Waals surface area contributed by atoms with Crippen molar-refractivity contribution < 1.29 is 9.18 Å². The summed E-state index contributed by atoms with van der Waals surface area (Å²) in [5.41, 5.74) is -0.434. The first-order valence-corrected chi connectivity index (χ1v) is 6.54. The smallest absolute Gasteiger partial charge is 0.244 e. The van der Waals surface area contributed by atoms with Crippen LogP contribution in [0, 0.1) is 22.6 Å².